The van der Waals surface area contributed by atoms with Crippen LogP contribution in [-0.2, 0) is 11.3 Å². The van der Waals surface area contributed by atoms with Gasteiger partial charge in [0, 0.05) is 11.8 Å². The van der Waals surface area contributed by atoms with Crippen LogP contribution < -0.4 is 10.9 Å². The number of rotatable bonds is 3. The van der Waals surface area contributed by atoms with Gasteiger partial charge in [0.1, 0.15) is 12.3 Å². The highest BCUT2D eigenvalue weighted by atomic mass is 32.1. The maximum absolute atomic E-state index is 12.1. The summed E-state index contributed by atoms with van der Waals surface area (Å²) in [4.78, 5) is 28.2. The van der Waals surface area contributed by atoms with Crippen molar-refractivity contribution < 1.29 is 9.90 Å². The van der Waals surface area contributed by atoms with Crippen molar-refractivity contribution in [3.8, 4) is 5.75 Å². The van der Waals surface area contributed by atoms with Gasteiger partial charge in [0.2, 0.25) is 5.91 Å². The lowest BCUT2D eigenvalue weighted by Crippen LogP contribution is -2.28. The number of aryl methyl sites for hydroxylation is 1. The topological polar surface area (TPSA) is 84.2 Å². The first-order valence-corrected chi connectivity index (χ1v) is 7.40. The van der Waals surface area contributed by atoms with Crippen LogP contribution in [0.1, 0.15) is 5.69 Å². The quantitative estimate of drug-likeness (QED) is 0.775. The van der Waals surface area contributed by atoms with Crippen LogP contribution in [0.4, 0.5) is 5.13 Å². The van der Waals surface area contributed by atoms with E-state index in [4.69, 9.17) is 0 Å². The summed E-state index contributed by atoms with van der Waals surface area (Å²) in [6.07, 6.45) is 0. The summed E-state index contributed by atoms with van der Waals surface area (Å²) in [5, 5.41) is 12.5. The molecule has 1 amide bonds. The second-order valence-corrected chi connectivity index (χ2v) is 5.84. The lowest BCUT2D eigenvalue weighted by molar-refractivity contribution is -0.116. The molecular formula is C15H13N3O3S. The van der Waals surface area contributed by atoms with Gasteiger partial charge in [0.15, 0.2) is 5.13 Å². The molecule has 112 valence electrons. The minimum atomic E-state index is -0.419. The molecule has 0 unspecified atom stereocenters. The number of aromatic nitrogens is 2. The van der Waals surface area contributed by atoms with Crippen molar-refractivity contribution in [1.29, 1.82) is 0 Å². The summed E-state index contributed by atoms with van der Waals surface area (Å²) in [5.41, 5.74) is 0.919. The molecule has 1 aromatic carbocycles. The monoisotopic (exact) mass is 315 g/mol. The van der Waals surface area contributed by atoms with Crippen LogP contribution in [0.15, 0.2) is 41.2 Å². The van der Waals surface area contributed by atoms with E-state index in [1.165, 1.54) is 22.0 Å². The fourth-order valence-electron chi connectivity index (χ4n) is 2.14. The number of benzene rings is 1. The van der Waals surface area contributed by atoms with Gasteiger partial charge in [0.25, 0.3) is 5.56 Å². The number of nitrogens with zero attached hydrogens (tertiary/aromatic N) is 2. The van der Waals surface area contributed by atoms with Crippen molar-refractivity contribution >= 4 is 32.6 Å². The standard InChI is InChI=1S/C15H13N3O3S/c1-9-6-10(19)7-14(21)18(9)8-13(20)17-15-16-11-4-2-3-5-12(11)22-15/h2-7,19H,8H2,1H3,(H,16,17,20). The Morgan fingerprint density at radius 1 is 1.36 bits per heavy atom. The minimum Gasteiger partial charge on any atom is -0.508 e. The highest BCUT2D eigenvalue weighted by Crippen LogP contribution is 2.25. The molecule has 0 saturated carbocycles. The molecule has 0 radical (unpaired) electrons. The van der Waals surface area contributed by atoms with Crippen molar-refractivity contribution in [2.45, 2.75) is 13.5 Å². The Hall–Kier alpha value is -2.67. The Kier molecular flexibility index (Phi) is 3.64. The van der Waals surface area contributed by atoms with E-state index in [9.17, 15) is 14.7 Å². The highest BCUT2D eigenvalue weighted by molar-refractivity contribution is 7.22. The van der Waals surface area contributed by atoms with Crippen LogP contribution in [0.2, 0.25) is 0 Å². The number of hydrogen-bond acceptors (Lipinski definition) is 5. The Balaban J connectivity index is 1.79. The summed E-state index contributed by atoms with van der Waals surface area (Å²) in [7, 11) is 0. The fourth-order valence-corrected chi connectivity index (χ4v) is 3.02. The maximum atomic E-state index is 12.1. The first-order chi connectivity index (χ1) is 10.5. The average Bonchev–Trinajstić information content (AvgIpc) is 2.84. The normalized spacial score (nSPS) is 10.8. The van der Waals surface area contributed by atoms with Crippen molar-refractivity contribution in [3.05, 3.63) is 52.4 Å². The molecule has 6 nitrogen and oxygen atoms in total. The fraction of sp³-hybridized carbons (Fsp3) is 0.133. The summed E-state index contributed by atoms with van der Waals surface area (Å²) in [6, 6.07) is 10.1. The van der Waals surface area contributed by atoms with E-state index < -0.39 is 5.56 Å². The minimum absolute atomic E-state index is 0.106. The summed E-state index contributed by atoms with van der Waals surface area (Å²) < 4.78 is 2.28. The molecule has 0 spiro atoms. The molecule has 0 aliphatic carbocycles. The molecule has 3 rings (SSSR count). The third-order valence-electron chi connectivity index (χ3n) is 3.16. The predicted molar refractivity (Wildman–Crippen MR) is 85.4 cm³/mol. The number of carbonyl (C=O) groups excluding carboxylic acids is 1. The molecule has 0 saturated heterocycles. The number of aromatic hydroxyl groups is 1. The Morgan fingerprint density at radius 2 is 2.14 bits per heavy atom. The lowest BCUT2D eigenvalue weighted by Gasteiger charge is -2.09. The van der Waals surface area contributed by atoms with Crippen molar-refractivity contribution in [2.75, 3.05) is 5.32 Å². The summed E-state index contributed by atoms with van der Waals surface area (Å²) in [6.45, 7) is 1.53. The number of fused-ring (bicyclic) bond motifs is 1. The van der Waals surface area contributed by atoms with E-state index >= 15 is 0 Å². The largest absolute Gasteiger partial charge is 0.508 e. The number of amides is 1. The number of pyridine rings is 1. The molecule has 3 aromatic rings. The van der Waals surface area contributed by atoms with E-state index in [1.54, 1.807) is 6.92 Å². The Morgan fingerprint density at radius 3 is 2.86 bits per heavy atom. The van der Waals surface area contributed by atoms with Crippen LogP contribution in [0.25, 0.3) is 10.2 Å². The molecule has 7 heteroatoms. The zero-order valence-electron chi connectivity index (χ0n) is 11.7. The number of nitrogens with one attached hydrogen (secondary N) is 1. The molecule has 0 fully saturated rings. The summed E-state index contributed by atoms with van der Waals surface area (Å²) >= 11 is 1.38. The van der Waals surface area contributed by atoms with E-state index in [0.717, 1.165) is 16.3 Å². The number of anilines is 1. The van der Waals surface area contributed by atoms with Crippen LogP contribution in [0.3, 0.4) is 0 Å². The molecule has 2 heterocycles. The molecule has 2 aromatic heterocycles. The lowest BCUT2D eigenvalue weighted by atomic mass is 10.3. The van der Waals surface area contributed by atoms with E-state index in [1.807, 2.05) is 24.3 Å². The maximum Gasteiger partial charge on any atom is 0.254 e. The highest BCUT2D eigenvalue weighted by Gasteiger charge is 2.11. The second kappa shape index (κ2) is 5.61. The van der Waals surface area contributed by atoms with E-state index in [0.29, 0.717) is 10.8 Å². The average molecular weight is 315 g/mol. The smallest absolute Gasteiger partial charge is 0.254 e. The third kappa shape index (κ3) is 2.84. The van der Waals surface area contributed by atoms with E-state index in [2.05, 4.69) is 10.3 Å². The third-order valence-corrected chi connectivity index (χ3v) is 4.11. The van der Waals surface area contributed by atoms with Crippen LogP contribution in [0.5, 0.6) is 5.75 Å². The van der Waals surface area contributed by atoms with Crippen molar-refractivity contribution in [1.82, 2.24) is 9.55 Å². The van der Waals surface area contributed by atoms with Crippen molar-refractivity contribution in [3.63, 3.8) is 0 Å². The van der Waals surface area contributed by atoms with Gasteiger partial charge in [-0.15, -0.1) is 0 Å². The molecule has 0 aliphatic heterocycles. The van der Waals surface area contributed by atoms with Gasteiger partial charge in [-0.2, -0.15) is 0 Å². The molecule has 0 bridgehead atoms. The number of hydrogen-bond donors (Lipinski definition) is 2. The Labute approximate surface area is 129 Å². The van der Waals surface area contributed by atoms with Gasteiger partial charge >= 0.3 is 0 Å². The first kappa shape index (κ1) is 14.3. The molecule has 2 N–H and O–H groups in total. The van der Waals surface area contributed by atoms with E-state index in [-0.39, 0.29) is 18.2 Å². The number of thiazole rings is 1. The SMILES string of the molecule is Cc1cc(O)cc(=O)n1CC(=O)Nc1nc2ccccc2s1. The van der Waals surface area contributed by atoms with Gasteiger partial charge in [-0.1, -0.05) is 23.5 Å². The van der Waals surface area contributed by atoms with Gasteiger partial charge in [-0.3, -0.25) is 9.59 Å². The van der Waals surface area contributed by atoms with Crippen molar-refractivity contribution in [2.24, 2.45) is 0 Å². The predicted octanol–water partition coefficient (Wildman–Crippen LogP) is 2.11. The zero-order chi connectivity index (χ0) is 15.7. The van der Waals surface area contributed by atoms with Crippen LogP contribution in [-0.4, -0.2) is 20.6 Å². The zero-order valence-corrected chi connectivity index (χ0v) is 12.6. The molecule has 0 atom stereocenters. The molecule has 22 heavy (non-hydrogen) atoms. The van der Waals surface area contributed by atoms with Gasteiger partial charge in [0.05, 0.1) is 10.2 Å². The van der Waals surface area contributed by atoms with Crippen LogP contribution >= 0.6 is 11.3 Å². The second-order valence-electron chi connectivity index (χ2n) is 4.81. The molecular weight excluding hydrogens is 302 g/mol. The van der Waals surface area contributed by atoms with Gasteiger partial charge < -0.3 is 15.0 Å². The number of carbonyl (C=O) groups is 1. The molecule has 0 aliphatic rings. The Bertz CT molecular complexity index is 881. The first-order valence-electron chi connectivity index (χ1n) is 6.59. The van der Waals surface area contributed by atoms with Gasteiger partial charge in [-0.05, 0) is 25.1 Å². The van der Waals surface area contributed by atoms with Crippen LogP contribution in [0, 0.1) is 6.92 Å². The number of para-hydroxylation sites is 1. The summed E-state index contributed by atoms with van der Waals surface area (Å²) in [5.74, 6) is -0.444. The van der Waals surface area contributed by atoms with Gasteiger partial charge in [-0.25, -0.2) is 4.98 Å².